The summed E-state index contributed by atoms with van der Waals surface area (Å²) in [5.74, 6) is 0.662. The van der Waals surface area contributed by atoms with Crippen molar-refractivity contribution in [2.45, 2.75) is 24.3 Å². The third kappa shape index (κ3) is 3.99. The zero-order chi connectivity index (χ0) is 16.2. The fraction of sp³-hybridized carbons (Fsp3) is 0.250. The molecule has 0 heterocycles. The molecule has 0 aromatic heterocycles. The average molecular weight is 431 g/mol. The maximum Gasteiger partial charge on any atom is 0.241 e. The predicted octanol–water partition coefficient (Wildman–Crippen LogP) is 3.73. The topological polar surface area (TPSA) is 55.4 Å². The van der Waals surface area contributed by atoms with Crippen LogP contribution in [0.4, 0.5) is 0 Å². The summed E-state index contributed by atoms with van der Waals surface area (Å²) < 4.78 is 33.8. The summed E-state index contributed by atoms with van der Waals surface area (Å²) in [6, 6.07) is 14.2. The lowest BCUT2D eigenvalue weighted by molar-refractivity contribution is 0.411. The maximum absolute atomic E-state index is 12.6. The highest BCUT2D eigenvalue weighted by molar-refractivity contribution is 14.1. The van der Waals surface area contributed by atoms with E-state index < -0.39 is 10.0 Å². The van der Waals surface area contributed by atoms with E-state index in [0.717, 1.165) is 9.13 Å². The summed E-state index contributed by atoms with van der Waals surface area (Å²) in [5, 5.41) is 0. The maximum atomic E-state index is 12.6. The van der Waals surface area contributed by atoms with E-state index in [4.69, 9.17) is 4.74 Å². The molecule has 2 rings (SSSR count). The molecule has 118 valence electrons. The molecule has 22 heavy (non-hydrogen) atoms. The quantitative estimate of drug-likeness (QED) is 0.710. The van der Waals surface area contributed by atoms with Crippen molar-refractivity contribution in [2.75, 3.05) is 7.11 Å². The van der Waals surface area contributed by atoms with Crippen molar-refractivity contribution >= 4 is 32.6 Å². The average Bonchev–Trinajstić information content (AvgIpc) is 2.53. The predicted molar refractivity (Wildman–Crippen MR) is 95.5 cm³/mol. The Morgan fingerprint density at radius 3 is 2.41 bits per heavy atom. The molecule has 0 aliphatic heterocycles. The molecule has 0 aliphatic rings. The van der Waals surface area contributed by atoms with Crippen LogP contribution in [0.15, 0.2) is 53.4 Å². The van der Waals surface area contributed by atoms with Crippen molar-refractivity contribution in [3.05, 3.63) is 57.7 Å². The van der Waals surface area contributed by atoms with E-state index in [1.54, 1.807) is 25.3 Å². The second-order valence-electron chi connectivity index (χ2n) is 4.79. The zero-order valence-electron chi connectivity index (χ0n) is 12.4. The van der Waals surface area contributed by atoms with E-state index in [0.29, 0.717) is 12.2 Å². The van der Waals surface area contributed by atoms with Crippen LogP contribution in [0, 0.1) is 3.57 Å². The number of rotatable bonds is 6. The van der Waals surface area contributed by atoms with Crippen molar-refractivity contribution in [1.82, 2.24) is 4.72 Å². The Labute approximate surface area is 145 Å². The van der Waals surface area contributed by atoms with Crippen molar-refractivity contribution in [2.24, 2.45) is 0 Å². The van der Waals surface area contributed by atoms with Gasteiger partial charge in [-0.1, -0.05) is 37.3 Å². The molecule has 0 saturated heterocycles. The number of nitrogens with one attached hydrogen (secondary N) is 1. The minimum Gasteiger partial charge on any atom is -0.496 e. The summed E-state index contributed by atoms with van der Waals surface area (Å²) in [4.78, 5) is 0.243. The number of sulfonamides is 1. The second kappa shape index (κ2) is 7.43. The highest BCUT2D eigenvalue weighted by Crippen LogP contribution is 2.25. The van der Waals surface area contributed by atoms with Crippen LogP contribution in [-0.4, -0.2) is 15.5 Å². The SMILES string of the molecule is CCC(NS(=O)(=O)c1ccc(OC)c(I)c1)c1ccccc1. The lowest BCUT2D eigenvalue weighted by atomic mass is 10.1. The molecule has 2 aromatic rings. The van der Waals surface area contributed by atoms with Gasteiger partial charge in [-0.05, 0) is 52.8 Å². The molecule has 0 radical (unpaired) electrons. The number of hydrogen-bond donors (Lipinski definition) is 1. The lowest BCUT2D eigenvalue weighted by Crippen LogP contribution is -2.28. The minimum atomic E-state index is -3.58. The van der Waals surface area contributed by atoms with Crippen molar-refractivity contribution in [3.8, 4) is 5.75 Å². The van der Waals surface area contributed by atoms with Gasteiger partial charge in [-0.3, -0.25) is 0 Å². The van der Waals surface area contributed by atoms with Crippen molar-refractivity contribution in [3.63, 3.8) is 0 Å². The first kappa shape index (κ1) is 17.2. The van der Waals surface area contributed by atoms with Gasteiger partial charge in [0.2, 0.25) is 10.0 Å². The van der Waals surface area contributed by atoms with Gasteiger partial charge in [0.05, 0.1) is 15.6 Å². The summed E-state index contributed by atoms with van der Waals surface area (Å²) in [5.41, 5.74) is 0.955. The molecular weight excluding hydrogens is 413 g/mol. The Balaban J connectivity index is 2.28. The zero-order valence-corrected chi connectivity index (χ0v) is 15.4. The molecule has 0 amide bonds. The molecule has 2 aromatic carbocycles. The van der Waals surface area contributed by atoms with Gasteiger partial charge in [0.15, 0.2) is 0 Å². The molecule has 1 unspecified atom stereocenters. The third-order valence-corrected chi connectivity index (χ3v) is 5.65. The first-order valence-corrected chi connectivity index (χ1v) is 9.45. The van der Waals surface area contributed by atoms with Gasteiger partial charge in [0.1, 0.15) is 5.75 Å². The number of benzene rings is 2. The smallest absolute Gasteiger partial charge is 0.241 e. The van der Waals surface area contributed by atoms with E-state index in [2.05, 4.69) is 27.3 Å². The van der Waals surface area contributed by atoms with E-state index in [-0.39, 0.29) is 10.9 Å². The van der Waals surface area contributed by atoms with E-state index in [1.807, 2.05) is 37.3 Å². The first-order valence-electron chi connectivity index (χ1n) is 6.88. The van der Waals surface area contributed by atoms with Crippen LogP contribution in [0.1, 0.15) is 24.9 Å². The van der Waals surface area contributed by atoms with Gasteiger partial charge in [-0.2, -0.15) is 0 Å². The Bertz CT molecular complexity index is 732. The van der Waals surface area contributed by atoms with Gasteiger partial charge in [0, 0.05) is 6.04 Å². The largest absolute Gasteiger partial charge is 0.496 e. The highest BCUT2D eigenvalue weighted by Gasteiger charge is 2.21. The molecule has 0 aliphatic carbocycles. The molecule has 1 atom stereocenters. The Kier molecular flexibility index (Phi) is 5.82. The molecule has 0 bridgehead atoms. The molecule has 1 N–H and O–H groups in total. The Morgan fingerprint density at radius 1 is 1.18 bits per heavy atom. The molecule has 4 nitrogen and oxygen atoms in total. The standard InChI is InChI=1S/C16H18INO3S/c1-3-15(12-7-5-4-6-8-12)18-22(19,20)13-9-10-16(21-2)14(17)11-13/h4-11,15,18H,3H2,1-2H3. The van der Waals surface area contributed by atoms with Gasteiger partial charge < -0.3 is 4.74 Å². The number of methoxy groups -OCH3 is 1. The minimum absolute atomic E-state index is 0.243. The fourth-order valence-corrected chi connectivity index (χ4v) is 4.42. The van der Waals surface area contributed by atoms with Crippen LogP contribution in [0.5, 0.6) is 5.75 Å². The third-order valence-electron chi connectivity index (χ3n) is 3.34. The van der Waals surface area contributed by atoms with E-state index in [9.17, 15) is 8.42 Å². The van der Waals surface area contributed by atoms with Gasteiger partial charge in [-0.15, -0.1) is 0 Å². The summed E-state index contributed by atoms with van der Waals surface area (Å²) in [6.45, 7) is 1.96. The second-order valence-corrected chi connectivity index (χ2v) is 7.67. The number of halogens is 1. The number of hydrogen-bond acceptors (Lipinski definition) is 3. The summed E-state index contributed by atoms with van der Waals surface area (Å²) >= 11 is 2.06. The van der Waals surface area contributed by atoms with Gasteiger partial charge in [0.25, 0.3) is 0 Å². The van der Waals surface area contributed by atoms with Crippen molar-refractivity contribution < 1.29 is 13.2 Å². The first-order chi connectivity index (χ1) is 10.5. The van der Waals surface area contributed by atoms with Crippen molar-refractivity contribution in [1.29, 1.82) is 0 Å². The lowest BCUT2D eigenvalue weighted by Gasteiger charge is -2.18. The van der Waals surface area contributed by atoms with Crippen LogP contribution in [0.2, 0.25) is 0 Å². The number of ether oxygens (including phenoxy) is 1. The normalized spacial score (nSPS) is 12.9. The van der Waals surface area contributed by atoms with Crippen LogP contribution in [0.25, 0.3) is 0 Å². The summed E-state index contributed by atoms with van der Waals surface area (Å²) in [7, 11) is -2.02. The summed E-state index contributed by atoms with van der Waals surface area (Å²) in [6.07, 6.45) is 0.677. The van der Waals surface area contributed by atoms with Gasteiger partial charge >= 0.3 is 0 Å². The van der Waals surface area contributed by atoms with Crippen LogP contribution >= 0.6 is 22.6 Å². The van der Waals surface area contributed by atoms with Crippen LogP contribution in [0.3, 0.4) is 0 Å². The Hall–Kier alpha value is -1.12. The van der Waals surface area contributed by atoms with Crippen LogP contribution in [-0.2, 0) is 10.0 Å². The highest BCUT2D eigenvalue weighted by atomic mass is 127. The molecular formula is C16H18INO3S. The fourth-order valence-electron chi connectivity index (χ4n) is 2.14. The molecule has 6 heteroatoms. The monoisotopic (exact) mass is 431 g/mol. The Morgan fingerprint density at radius 2 is 1.86 bits per heavy atom. The molecule has 0 fully saturated rings. The van der Waals surface area contributed by atoms with Gasteiger partial charge in [-0.25, -0.2) is 13.1 Å². The molecule has 0 saturated carbocycles. The van der Waals surface area contributed by atoms with Crippen LogP contribution < -0.4 is 9.46 Å². The van der Waals surface area contributed by atoms with E-state index in [1.165, 1.54) is 0 Å². The molecule has 0 spiro atoms. The van der Waals surface area contributed by atoms with E-state index >= 15 is 0 Å².